The fourth-order valence-corrected chi connectivity index (χ4v) is 3.82. The van der Waals surface area contributed by atoms with Crippen molar-refractivity contribution in [1.29, 1.82) is 0 Å². The second-order valence-electron chi connectivity index (χ2n) is 5.52. The molecule has 1 fully saturated rings. The zero-order chi connectivity index (χ0) is 12.3. The van der Waals surface area contributed by atoms with Crippen LogP contribution in [0.5, 0.6) is 0 Å². The van der Waals surface area contributed by atoms with Crippen LogP contribution in [0.25, 0.3) is 0 Å². The average Bonchev–Trinajstić information content (AvgIpc) is 2.77. The minimum atomic E-state index is 0.505. The van der Waals surface area contributed by atoms with E-state index in [9.17, 15) is 0 Å². The van der Waals surface area contributed by atoms with Gasteiger partial charge in [-0.15, -0.1) is 11.3 Å². The topological polar surface area (TPSA) is 12.0 Å². The number of rotatable bonds is 4. The van der Waals surface area contributed by atoms with E-state index in [1.54, 1.807) is 0 Å². The van der Waals surface area contributed by atoms with Crippen molar-refractivity contribution in [2.24, 2.45) is 5.92 Å². The third-order valence-corrected chi connectivity index (χ3v) is 5.24. The van der Waals surface area contributed by atoms with Gasteiger partial charge in [-0.1, -0.05) is 19.3 Å². The fraction of sp³-hybridized carbons (Fsp3) is 0.733. The summed E-state index contributed by atoms with van der Waals surface area (Å²) in [5.41, 5.74) is 0. The molecule has 1 saturated carbocycles. The van der Waals surface area contributed by atoms with Gasteiger partial charge in [0.15, 0.2) is 0 Å². The standard InChI is InChI=1S/C15H25NS/c1-11-9-10-15(17-11)13(3)16-12(2)14-7-5-4-6-8-14/h9-10,12-14,16H,4-8H2,1-3H3. The number of hydrogen-bond donors (Lipinski definition) is 1. The third-order valence-electron chi connectivity index (χ3n) is 4.06. The summed E-state index contributed by atoms with van der Waals surface area (Å²) in [5.74, 6) is 0.896. The van der Waals surface area contributed by atoms with Crippen molar-refractivity contribution >= 4 is 11.3 Å². The van der Waals surface area contributed by atoms with Crippen LogP contribution in [0.15, 0.2) is 12.1 Å². The van der Waals surface area contributed by atoms with E-state index in [4.69, 9.17) is 0 Å². The molecular weight excluding hydrogens is 226 g/mol. The van der Waals surface area contributed by atoms with Crippen molar-refractivity contribution in [3.05, 3.63) is 21.9 Å². The predicted molar refractivity (Wildman–Crippen MR) is 76.6 cm³/mol. The highest BCUT2D eigenvalue weighted by molar-refractivity contribution is 7.12. The van der Waals surface area contributed by atoms with E-state index in [-0.39, 0.29) is 0 Å². The van der Waals surface area contributed by atoms with Crippen LogP contribution in [0.2, 0.25) is 0 Å². The van der Waals surface area contributed by atoms with Crippen LogP contribution < -0.4 is 5.32 Å². The molecule has 96 valence electrons. The van der Waals surface area contributed by atoms with Gasteiger partial charge in [-0.3, -0.25) is 0 Å². The second-order valence-corrected chi connectivity index (χ2v) is 6.84. The Hall–Kier alpha value is -0.340. The minimum Gasteiger partial charge on any atom is -0.307 e. The molecule has 2 rings (SSSR count). The van der Waals surface area contributed by atoms with Crippen LogP contribution in [-0.2, 0) is 0 Å². The SMILES string of the molecule is Cc1ccc(C(C)NC(C)C2CCCCC2)s1. The Morgan fingerprint density at radius 3 is 2.47 bits per heavy atom. The van der Waals surface area contributed by atoms with E-state index in [2.05, 4.69) is 38.2 Å². The summed E-state index contributed by atoms with van der Waals surface area (Å²) in [5, 5.41) is 3.79. The summed E-state index contributed by atoms with van der Waals surface area (Å²) < 4.78 is 0. The Morgan fingerprint density at radius 2 is 1.88 bits per heavy atom. The summed E-state index contributed by atoms with van der Waals surface area (Å²) in [6, 6.07) is 5.66. The lowest BCUT2D eigenvalue weighted by Gasteiger charge is -2.30. The van der Waals surface area contributed by atoms with Gasteiger partial charge in [-0.25, -0.2) is 0 Å². The lowest BCUT2D eigenvalue weighted by molar-refractivity contribution is 0.269. The zero-order valence-electron chi connectivity index (χ0n) is 11.3. The normalized spacial score (nSPS) is 21.4. The first-order valence-corrected chi connectivity index (χ1v) is 7.81. The maximum absolute atomic E-state index is 3.79. The maximum Gasteiger partial charge on any atom is 0.0388 e. The molecule has 0 spiro atoms. The highest BCUT2D eigenvalue weighted by Crippen LogP contribution is 2.29. The van der Waals surface area contributed by atoms with Gasteiger partial charge in [0.05, 0.1) is 0 Å². The molecule has 0 saturated heterocycles. The first-order valence-electron chi connectivity index (χ1n) is 6.99. The number of thiophene rings is 1. The Balaban J connectivity index is 1.87. The molecule has 1 aliphatic carbocycles. The van der Waals surface area contributed by atoms with Crippen LogP contribution in [-0.4, -0.2) is 6.04 Å². The molecule has 1 N–H and O–H groups in total. The Kier molecular flexibility index (Phi) is 4.63. The minimum absolute atomic E-state index is 0.505. The fourth-order valence-electron chi connectivity index (χ4n) is 2.93. The number of hydrogen-bond acceptors (Lipinski definition) is 2. The zero-order valence-corrected chi connectivity index (χ0v) is 12.1. The van der Waals surface area contributed by atoms with Crippen molar-refractivity contribution < 1.29 is 0 Å². The lowest BCUT2D eigenvalue weighted by Crippen LogP contribution is -2.36. The van der Waals surface area contributed by atoms with E-state index in [1.165, 1.54) is 41.9 Å². The summed E-state index contributed by atoms with van der Waals surface area (Å²) in [6.45, 7) is 6.85. The van der Waals surface area contributed by atoms with Crippen LogP contribution in [0.1, 0.15) is 61.7 Å². The highest BCUT2D eigenvalue weighted by Gasteiger charge is 2.21. The van der Waals surface area contributed by atoms with E-state index in [1.807, 2.05) is 11.3 Å². The van der Waals surface area contributed by atoms with E-state index < -0.39 is 0 Å². The van der Waals surface area contributed by atoms with Crippen LogP contribution in [0.3, 0.4) is 0 Å². The van der Waals surface area contributed by atoms with Gasteiger partial charge in [0.1, 0.15) is 0 Å². The Bertz CT molecular complexity index is 338. The average molecular weight is 251 g/mol. The molecular formula is C15H25NS. The Morgan fingerprint density at radius 1 is 1.18 bits per heavy atom. The molecule has 1 aromatic rings. The van der Waals surface area contributed by atoms with Gasteiger partial charge in [0.25, 0.3) is 0 Å². The van der Waals surface area contributed by atoms with E-state index in [0.29, 0.717) is 12.1 Å². The van der Waals surface area contributed by atoms with Gasteiger partial charge in [0, 0.05) is 21.8 Å². The van der Waals surface area contributed by atoms with Gasteiger partial charge in [-0.2, -0.15) is 0 Å². The first kappa shape index (κ1) is 13.1. The molecule has 1 nitrogen and oxygen atoms in total. The molecule has 0 radical (unpaired) electrons. The van der Waals surface area contributed by atoms with Crippen molar-refractivity contribution in [3.63, 3.8) is 0 Å². The maximum atomic E-state index is 3.79. The largest absolute Gasteiger partial charge is 0.307 e. The molecule has 2 atom stereocenters. The monoisotopic (exact) mass is 251 g/mol. The second kappa shape index (κ2) is 6.01. The van der Waals surface area contributed by atoms with E-state index in [0.717, 1.165) is 5.92 Å². The lowest BCUT2D eigenvalue weighted by atomic mass is 9.84. The van der Waals surface area contributed by atoms with Gasteiger partial charge in [-0.05, 0) is 51.7 Å². The molecule has 0 aliphatic heterocycles. The van der Waals surface area contributed by atoms with Gasteiger partial charge >= 0.3 is 0 Å². The van der Waals surface area contributed by atoms with Crippen LogP contribution in [0.4, 0.5) is 0 Å². The quantitative estimate of drug-likeness (QED) is 0.819. The number of aryl methyl sites for hydroxylation is 1. The number of nitrogens with one attached hydrogen (secondary N) is 1. The summed E-state index contributed by atoms with van der Waals surface area (Å²) in [6.07, 6.45) is 7.16. The highest BCUT2D eigenvalue weighted by atomic mass is 32.1. The smallest absolute Gasteiger partial charge is 0.0388 e. The summed E-state index contributed by atoms with van der Waals surface area (Å²) in [4.78, 5) is 2.89. The van der Waals surface area contributed by atoms with Crippen molar-refractivity contribution in [2.75, 3.05) is 0 Å². The molecule has 0 aromatic carbocycles. The van der Waals surface area contributed by atoms with Gasteiger partial charge in [0.2, 0.25) is 0 Å². The molecule has 0 amide bonds. The summed E-state index contributed by atoms with van der Waals surface area (Å²) in [7, 11) is 0. The van der Waals surface area contributed by atoms with Crippen molar-refractivity contribution in [1.82, 2.24) is 5.32 Å². The van der Waals surface area contributed by atoms with Crippen molar-refractivity contribution in [2.45, 2.75) is 65.0 Å². The third kappa shape index (κ3) is 3.56. The molecule has 0 bridgehead atoms. The van der Waals surface area contributed by atoms with Gasteiger partial charge < -0.3 is 5.32 Å². The molecule has 2 unspecified atom stereocenters. The summed E-state index contributed by atoms with van der Waals surface area (Å²) >= 11 is 1.92. The van der Waals surface area contributed by atoms with Crippen molar-refractivity contribution in [3.8, 4) is 0 Å². The molecule has 17 heavy (non-hydrogen) atoms. The van der Waals surface area contributed by atoms with E-state index >= 15 is 0 Å². The molecule has 1 aliphatic rings. The van der Waals surface area contributed by atoms with Crippen LogP contribution >= 0.6 is 11.3 Å². The molecule has 2 heteroatoms. The first-order chi connectivity index (χ1) is 8.16. The Labute approximate surface area is 110 Å². The molecule has 1 aromatic heterocycles. The predicted octanol–water partition coefficient (Wildman–Crippen LogP) is 4.68. The molecule has 1 heterocycles. The van der Waals surface area contributed by atoms with Crippen LogP contribution in [0, 0.1) is 12.8 Å².